The number of hydrogen-bond donors (Lipinski definition) is 2. The van der Waals surface area contributed by atoms with E-state index in [4.69, 9.17) is 19.6 Å². The number of nitrogens with one attached hydrogen (secondary N) is 1. The molecule has 0 bridgehead atoms. The molecule has 1 amide bonds. The van der Waals surface area contributed by atoms with Crippen molar-refractivity contribution in [3.05, 3.63) is 30.0 Å². The Labute approximate surface area is 123 Å². The van der Waals surface area contributed by atoms with Crippen LogP contribution in [0.5, 0.6) is 5.75 Å². The highest BCUT2D eigenvalue weighted by molar-refractivity contribution is 5.86. The number of hydrogen-bond acceptors (Lipinski definition) is 5. The molecular formula is C15H20N2O4. The minimum atomic E-state index is -0.181. The summed E-state index contributed by atoms with van der Waals surface area (Å²) in [5.74, 6) is 0.905. The van der Waals surface area contributed by atoms with Gasteiger partial charge in [-0.1, -0.05) is 12.1 Å². The Kier molecular flexibility index (Phi) is 5.59. The van der Waals surface area contributed by atoms with Gasteiger partial charge in [0.15, 0.2) is 18.1 Å². The van der Waals surface area contributed by atoms with E-state index in [0.29, 0.717) is 30.2 Å². The number of benzene rings is 1. The van der Waals surface area contributed by atoms with E-state index in [1.807, 2.05) is 24.3 Å². The van der Waals surface area contributed by atoms with E-state index in [1.165, 1.54) is 0 Å². The van der Waals surface area contributed by atoms with E-state index in [-0.39, 0.29) is 19.1 Å². The minimum Gasteiger partial charge on any atom is -0.479 e. The van der Waals surface area contributed by atoms with Gasteiger partial charge in [-0.2, -0.15) is 0 Å². The quantitative estimate of drug-likeness (QED) is 0.719. The van der Waals surface area contributed by atoms with Crippen molar-refractivity contribution in [2.45, 2.75) is 13.0 Å². The smallest absolute Gasteiger partial charge is 0.257 e. The van der Waals surface area contributed by atoms with Gasteiger partial charge < -0.3 is 24.9 Å². The summed E-state index contributed by atoms with van der Waals surface area (Å²) in [6, 6.07) is 7.48. The standard InChI is InChI=1S/C15H20N2O4/c1-19-8-4-7-17-14(18)10-20-15-11-5-2-3-6-12(11)21-13(15)9-16/h2-3,5-6H,4,7-10,16H2,1H3,(H,17,18). The maximum absolute atomic E-state index is 11.7. The molecule has 6 heteroatoms. The van der Waals surface area contributed by atoms with Crippen LogP contribution in [0.1, 0.15) is 12.2 Å². The predicted molar refractivity (Wildman–Crippen MR) is 79.1 cm³/mol. The first-order valence-corrected chi connectivity index (χ1v) is 6.85. The van der Waals surface area contributed by atoms with Gasteiger partial charge in [-0.15, -0.1) is 0 Å². The molecule has 0 spiro atoms. The average molecular weight is 292 g/mol. The molecule has 3 N–H and O–H groups in total. The Morgan fingerprint density at radius 2 is 2.19 bits per heavy atom. The van der Waals surface area contributed by atoms with Crippen molar-refractivity contribution >= 4 is 16.9 Å². The van der Waals surface area contributed by atoms with Crippen molar-refractivity contribution in [2.75, 3.05) is 26.9 Å². The van der Waals surface area contributed by atoms with E-state index >= 15 is 0 Å². The highest BCUT2D eigenvalue weighted by Crippen LogP contribution is 2.32. The molecule has 6 nitrogen and oxygen atoms in total. The van der Waals surface area contributed by atoms with Crippen molar-refractivity contribution in [1.82, 2.24) is 5.32 Å². The molecule has 2 aromatic rings. The van der Waals surface area contributed by atoms with Crippen LogP contribution in [0.4, 0.5) is 0 Å². The first-order chi connectivity index (χ1) is 10.3. The van der Waals surface area contributed by atoms with Crippen LogP contribution in [0.3, 0.4) is 0 Å². The Bertz CT molecular complexity index is 594. The monoisotopic (exact) mass is 292 g/mol. The van der Waals surface area contributed by atoms with Crippen LogP contribution in [0, 0.1) is 0 Å². The summed E-state index contributed by atoms with van der Waals surface area (Å²) in [6.45, 7) is 1.33. The first-order valence-electron chi connectivity index (χ1n) is 6.85. The summed E-state index contributed by atoms with van der Waals surface area (Å²) in [7, 11) is 1.63. The minimum absolute atomic E-state index is 0.0660. The molecule has 21 heavy (non-hydrogen) atoms. The van der Waals surface area contributed by atoms with E-state index in [2.05, 4.69) is 5.32 Å². The van der Waals surface area contributed by atoms with Gasteiger partial charge >= 0.3 is 0 Å². The SMILES string of the molecule is COCCCNC(=O)COc1c(CN)oc2ccccc12. The third kappa shape index (κ3) is 3.96. The first kappa shape index (κ1) is 15.3. The van der Waals surface area contributed by atoms with Gasteiger partial charge in [0.05, 0.1) is 11.9 Å². The lowest BCUT2D eigenvalue weighted by molar-refractivity contribution is -0.123. The fourth-order valence-corrected chi connectivity index (χ4v) is 2.00. The Morgan fingerprint density at radius 3 is 2.95 bits per heavy atom. The topological polar surface area (TPSA) is 86.7 Å². The van der Waals surface area contributed by atoms with E-state index in [1.54, 1.807) is 7.11 Å². The highest BCUT2D eigenvalue weighted by Gasteiger charge is 2.15. The number of ether oxygens (including phenoxy) is 2. The van der Waals surface area contributed by atoms with Gasteiger partial charge in [0.25, 0.3) is 5.91 Å². The second kappa shape index (κ2) is 7.66. The van der Waals surface area contributed by atoms with Crippen molar-refractivity contribution in [2.24, 2.45) is 5.73 Å². The lowest BCUT2D eigenvalue weighted by atomic mass is 10.2. The van der Waals surface area contributed by atoms with E-state index in [0.717, 1.165) is 11.8 Å². The molecule has 0 unspecified atom stereocenters. The maximum atomic E-state index is 11.7. The fourth-order valence-electron chi connectivity index (χ4n) is 2.00. The number of para-hydroxylation sites is 1. The summed E-state index contributed by atoms with van der Waals surface area (Å²) in [5, 5.41) is 3.58. The molecule has 1 aromatic heterocycles. The van der Waals surface area contributed by atoms with Gasteiger partial charge in [-0.05, 0) is 18.6 Å². The molecule has 114 valence electrons. The van der Waals surface area contributed by atoms with Crippen LogP contribution in [0.2, 0.25) is 0 Å². The van der Waals surface area contributed by atoms with E-state index < -0.39 is 0 Å². The van der Waals surface area contributed by atoms with Crippen LogP contribution in [0.25, 0.3) is 11.0 Å². The summed E-state index contributed by atoms with van der Waals surface area (Å²) >= 11 is 0. The molecule has 0 aliphatic rings. The number of methoxy groups -OCH3 is 1. The Hall–Kier alpha value is -2.05. The van der Waals surface area contributed by atoms with Crippen LogP contribution in [-0.4, -0.2) is 32.8 Å². The van der Waals surface area contributed by atoms with Crippen molar-refractivity contribution < 1.29 is 18.7 Å². The van der Waals surface area contributed by atoms with Gasteiger partial charge in [0, 0.05) is 20.3 Å². The number of furan rings is 1. The Balaban J connectivity index is 1.95. The van der Waals surface area contributed by atoms with Crippen molar-refractivity contribution in [3.8, 4) is 5.75 Å². The molecule has 0 fully saturated rings. The second-order valence-electron chi connectivity index (χ2n) is 4.54. The molecule has 0 radical (unpaired) electrons. The zero-order valence-electron chi connectivity index (χ0n) is 12.1. The molecule has 1 aromatic carbocycles. The highest BCUT2D eigenvalue weighted by atomic mass is 16.5. The van der Waals surface area contributed by atoms with Crippen LogP contribution < -0.4 is 15.8 Å². The number of carbonyl (C=O) groups excluding carboxylic acids is 1. The van der Waals surface area contributed by atoms with Gasteiger partial charge in [-0.25, -0.2) is 0 Å². The zero-order chi connectivity index (χ0) is 15.1. The van der Waals surface area contributed by atoms with Crippen LogP contribution in [-0.2, 0) is 16.1 Å². The average Bonchev–Trinajstić information content (AvgIpc) is 2.87. The largest absolute Gasteiger partial charge is 0.479 e. The van der Waals surface area contributed by atoms with Crippen molar-refractivity contribution in [3.63, 3.8) is 0 Å². The fraction of sp³-hybridized carbons (Fsp3) is 0.400. The molecule has 2 rings (SSSR count). The molecule has 1 heterocycles. The molecular weight excluding hydrogens is 272 g/mol. The Morgan fingerprint density at radius 1 is 1.38 bits per heavy atom. The lowest BCUT2D eigenvalue weighted by Crippen LogP contribution is -2.30. The zero-order valence-corrected chi connectivity index (χ0v) is 12.1. The molecule has 0 saturated carbocycles. The third-order valence-electron chi connectivity index (χ3n) is 3.00. The van der Waals surface area contributed by atoms with Gasteiger partial charge in [-0.3, -0.25) is 4.79 Å². The van der Waals surface area contributed by atoms with Gasteiger partial charge in [0.1, 0.15) is 5.58 Å². The molecule has 0 aliphatic heterocycles. The number of amides is 1. The van der Waals surface area contributed by atoms with Crippen molar-refractivity contribution in [1.29, 1.82) is 0 Å². The second-order valence-corrected chi connectivity index (χ2v) is 4.54. The van der Waals surface area contributed by atoms with Crippen LogP contribution >= 0.6 is 0 Å². The van der Waals surface area contributed by atoms with Crippen LogP contribution in [0.15, 0.2) is 28.7 Å². The summed E-state index contributed by atoms with van der Waals surface area (Å²) < 4.78 is 16.1. The normalized spacial score (nSPS) is 10.8. The number of carbonyl (C=O) groups is 1. The third-order valence-corrected chi connectivity index (χ3v) is 3.00. The number of rotatable bonds is 8. The molecule has 0 saturated heterocycles. The molecule has 0 aliphatic carbocycles. The predicted octanol–water partition coefficient (Wildman–Crippen LogP) is 1.42. The molecule has 0 atom stereocenters. The summed E-state index contributed by atoms with van der Waals surface area (Å²) in [5.41, 5.74) is 6.35. The maximum Gasteiger partial charge on any atom is 0.257 e. The summed E-state index contributed by atoms with van der Waals surface area (Å²) in [6.07, 6.45) is 0.769. The lowest BCUT2D eigenvalue weighted by Gasteiger charge is -2.07. The summed E-state index contributed by atoms with van der Waals surface area (Å²) in [4.78, 5) is 11.7. The van der Waals surface area contributed by atoms with Gasteiger partial charge in [0.2, 0.25) is 0 Å². The number of nitrogens with two attached hydrogens (primary N) is 1. The number of fused-ring (bicyclic) bond motifs is 1. The van der Waals surface area contributed by atoms with E-state index in [9.17, 15) is 4.79 Å².